The molecule has 1 amide bonds. The quantitative estimate of drug-likeness (QED) is 0.453. The summed E-state index contributed by atoms with van der Waals surface area (Å²) >= 11 is 3.41. The van der Waals surface area contributed by atoms with E-state index >= 15 is 0 Å². The van der Waals surface area contributed by atoms with Gasteiger partial charge >= 0.3 is 0 Å². The summed E-state index contributed by atoms with van der Waals surface area (Å²) in [4.78, 5) is 11.9. The summed E-state index contributed by atoms with van der Waals surface area (Å²) in [6, 6.07) is 13.4. The SMILES string of the molecule is CCOc1ccc(Br)cc1/C=N/NC(=O)COc1ccc(C(C)CC)cc1. The summed E-state index contributed by atoms with van der Waals surface area (Å²) in [5.74, 6) is 1.55. The Bertz CT molecular complexity index is 775. The van der Waals surface area contributed by atoms with Crippen LogP contribution in [0.1, 0.15) is 44.2 Å². The van der Waals surface area contributed by atoms with Gasteiger partial charge in [0.2, 0.25) is 0 Å². The van der Waals surface area contributed by atoms with Crippen LogP contribution in [0.5, 0.6) is 11.5 Å². The first kappa shape index (κ1) is 21.0. The van der Waals surface area contributed by atoms with Crippen LogP contribution >= 0.6 is 15.9 Å². The number of amides is 1. The number of halogens is 1. The van der Waals surface area contributed by atoms with Gasteiger partial charge < -0.3 is 9.47 Å². The van der Waals surface area contributed by atoms with Gasteiger partial charge in [-0.25, -0.2) is 5.43 Å². The Morgan fingerprint density at radius 2 is 1.93 bits per heavy atom. The van der Waals surface area contributed by atoms with E-state index < -0.39 is 0 Å². The molecule has 0 radical (unpaired) electrons. The summed E-state index contributed by atoms with van der Waals surface area (Å²) in [5, 5.41) is 3.98. The molecule has 1 unspecified atom stereocenters. The van der Waals surface area contributed by atoms with Gasteiger partial charge in [0.25, 0.3) is 5.91 Å². The Hall–Kier alpha value is -2.34. The molecule has 0 saturated heterocycles. The molecule has 1 atom stereocenters. The van der Waals surface area contributed by atoms with Gasteiger partial charge in [-0.2, -0.15) is 5.10 Å². The predicted molar refractivity (Wildman–Crippen MR) is 112 cm³/mol. The molecule has 5 nitrogen and oxygen atoms in total. The minimum atomic E-state index is -0.329. The van der Waals surface area contributed by atoms with Crippen LogP contribution in [0.3, 0.4) is 0 Å². The zero-order valence-corrected chi connectivity index (χ0v) is 17.5. The van der Waals surface area contributed by atoms with E-state index in [0.29, 0.717) is 24.0 Å². The van der Waals surface area contributed by atoms with E-state index in [1.54, 1.807) is 6.21 Å². The van der Waals surface area contributed by atoms with E-state index in [1.165, 1.54) is 5.56 Å². The molecule has 0 aliphatic rings. The van der Waals surface area contributed by atoms with Crippen molar-refractivity contribution in [1.29, 1.82) is 0 Å². The van der Waals surface area contributed by atoms with Crippen molar-refractivity contribution in [2.75, 3.05) is 13.2 Å². The van der Waals surface area contributed by atoms with Crippen molar-refractivity contribution < 1.29 is 14.3 Å². The third-order valence-electron chi connectivity index (χ3n) is 4.10. The van der Waals surface area contributed by atoms with E-state index in [1.807, 2.05) is 49.4 Å². The average molecular weight is 433 g/mol. The number of carbonyl (C=O) groups excluding carboxylic acids is 1. The highest BCUT2D eigenvalue weighted by Crippen LogP contribution is 2.22. The fourth-order valence-electron chi connectivity index (χ4n) is 2.39. The number of benzene rings is 2. The Balaban J connectivity index is 1.86. The average Bonchev–Trinajstić information content (AvgIpc) is 2.68. The van der Waals surface area contributed by atoms with Crippen LogP contribution in [-0.2, 0) is 4.79 Å². The fraction of sp³-hybridized carbons (Fsp3) is 0.333. The molecule has 0 fully saturated rings. The van der Waals surface area contributed by atoms with E-state index in [-0.39, 0.29) is 12.5 Å². The van der Waals surface area contributed by atoms with Gasteiger partial charge in [0.1, 0.15) is 11.5 Å². The molecule has 27 heavy (non-hydrogen) atoms. The highest BCUT2D eigenvalue weighted by Gasteiger charge is 2.05. The van der Waals surface area contributed by atoms with Crippen LogP contribution in [0.2, 0.25) is 0 Å². The molecule has 0 saturated carbocycles. The molecule has 144 valence electrons. The van der Waals surface area contributed by atoms with E-state index in [9.17, 15) is 4.79 Å². The lowest BCUT2D eigenvalue weighted by molar-refractivity contribution is -0.123. The van der Waals surface area contributed by atoms with Crippen molar-refractivity contribution in [2.24, 2.45) is 5.10 Å². The van der Waals surface area contributed by atoms with Gasteiger partial charge in [0.05, 0.1) is 12.8 Å². The Kier molecular flexibility index (Phi) is 8.33. The minimum Gasteiger partial charge on any atom is -0.493 e. The molecular weight excluding hydrogens is 408 g/mol. The fourth-order valence-corrected chi connectivity index (χ4v) is 2.77. The summed E-state index contributed by atoms with van der Waals surface area (Å²) in [6.45, 7) is 6.71. The summed E-state index contributed by atoms with van der Waals surface area (Å²) in [5.41, 5.74) is 4.50. The molecule has 0 spiro atoms. The number of hydrazone groups is 1. The molecule has 2 rings (SSSR count). The molecule has 0 aromatic heterocycles. The molecular formula is C21H25BrN2O3. The zero-order chi connectivity index (χ0) is 19.6. The zero-order valence-electron chi connectivity index (χ0n) is 15.9. The number of carbonyl (C=O) groups is 1. The van der Waals surface area contributed by atoms with Crippen molar-refractivity contribution in [3.63, 3.8) is 0 Å². The first-order valence-electron chi connectivity index (χ1n) is 9.00. The Morgan fingerprint density at radius 1 is 1.19 bits per heavy atom. The third kappa shape index (κ3) is 6.71. The number of hydrogen-bond donors (Lipinski definition) is 1. The molecule has 0 aliphatic carbocycles. The maximum Gasteiger partial charge on any atom is 0.277 e. The second-order valence-corrected chi connectivity index (χ2v) is 6.99. The number of rotatable bonds is 9. The van der Waals surface area contributed by atoms with Crippen LogP contribution in [0, 0.1) is 0 Å². The van der Waals surface area contributed by atoms with E-state index in [2.05, 4.69) is 40.3 Å². The standard InChI is InChI=1S/C21H25BrN2O3/c1-4-15(3)16-6-9-19(10-7-16)27-14-21(25)24-23-13-17-12-18(22)8-11-20(17)26-5-2/h6-13,15H,4-5,14H2,1-3H3,(H,24,25)/b23-13+. The van der Waals surface area contributed by atoms with Crippen LogP contribution < -0.4 is 14.9 Å². The number of nitrogens with one attached hydrogen (secondary N) is 1. The topological polar surface area (TPSA) is 59.9 Å². The maximum absolute atomic E-state index is 11.9. The lowest BCUT2D eigenvalue weighted by atomic mass is 9.99. The smallest absolute Gasteiger partial charge is 0.277 e. The van der Waals surface area contributed by atoms with Gasteiger partial charge in [0.15, 0.2) is 6.61 Å². The van der Waals surface area contributed by atoms with Crippen LogP contribution in [-0.4, -0.2) is 25.3 Å². The van der Waals surface area contributed by atoms with Gasteiger partial charge in [-0.1, -0.05) is 41.9 Å². The largest absolute Gasteiger partial charge is 0.493 e. The minimum absolute atomic E-state index is 0.100. The van der Waals surface area contributed by atoms with Gasteiger partial charge in [0, 0.05) is 10.0 Å². The van der Waals surface area contributed by atoms with Crippen LogP contribution in [0.25, 0.3) is 0 Å². The molecule has 2 aromatic rings. The normalized spacial score (nSPS) is 12.0. The first-order valence-corrected chi connectivity index (χ1v) is 9.79. The van der Waals surface area contributed by atoms with Crippen LogP contribution in [0.4, 0.5) is 0 Å². The van der Waals surface area contributed by atoms with Crippen molar-refractivity contribution in [3.8, 4) is 11.5 Å². The number of hydrogen-bond acceptors (Lipinski definition) is 4. The van der Waals surface area contributed by atoms with E-state index in [4.69, 9.17) is 9.47 Å². The highest BCUT2D eigenvalue weighted by molar-refractivity contribution is 9.10. The van der Waals surface area contributed by atoms with Crippen molar-refractivity contribution in [3.05, 3.63) is 58.1 Å². The molecule has 2 aromatic carbocycles. The highest BCUT2D eigenvalue weighted by atomic mass is 79.9. The summed E-state index contributed by atoms with van der Waals surface area (Å²) < 4.78 is 11.9. The van der Waals surface area contributed by atoms with Gasteiger partial charge in [-0.05, 0) is 55.2 Å². The molecule has 0 aliphatic heterocycles. The van der Waals surface area contributed by atoms with Crippen LogP contribution in [0.15, 0.2) is 52.0 Å². The summed E-state index contributed by atoms with van der Waals surface area (Å²) in [6.07, 6.45) is 2.64. The maximum atomic E-state index is 11.9. The number of nitrogens with zero attached hydrogens (tertiary/aromatic N) is 1. The number of ether oxygens (including phenoxy) is 2. The second-order valence-electron chi connectivity index (χ2n) is 6.08. The predicted octanol–water partition coefficient (Wildman–Crippen LogP) is 4.89. The lowest BCUT2D eigenvalue weighted by Crippen LogP contribution is -2.24. The van der Waals surface area contributed by atoms with Gasteiger partial charge in [-0.15, -0.1) is 0 Å². The molecule has 6 heteroatoms. The molecule has 1 N–H and O–H groups in total. The van der Waals surface area contributed by atoms with E-state index in [0.717, 1.165) is 16.5 Å². The second kappa shape index (κ2) is 10.7. The van der Waals surface area contributed by atoms with Crippen molar-refractivity contribution >= 4 is 28.1 Å². The Labute approximate surface area is 168 Å². The molecule has 0 heterocycles. The van der Waals surface area contributed by atoms with Crippen molar-refractivity contribution in [1.82, 2.24) is 5.43 Å². The molecule has 0 bridgehead atoms. The summed E-state index contributed by atoms with van der Waals surface area (Å²) in [7, 11) is 0. The first-order chi connectivity index (χ1) is 13.0. The van der Waals surface area contributed by atoms with Crippen molar-refractivity contribution in [2.45, 2.75) is 33.1 Å². The Morgan fingerprint density at radius 3 is 2.59 bits per heavy atom. The van der Waals surface area contributed by atoms with Gasteiger partial charge in [-0.3, -0.25) is 4.79 Å². The third-order valence-corrected chi connectivity index (χ3v) is 4.59. The monoisotopic (exact) mass is 432 g/mol. The lowest BCUT2D eigenvalue weighted by Gasteiger charge is -2.10.